The molecule has 81 heavy (non-hydrogen) atoms. The first-order valence-electron chi connectivity index (χ1n) is 26.5. The van der Waals surface area contributed by atoms with Crippen molar-refractivity contribution in [3.05, 3.63) is 232 Å². The third-order valence-electron chi connectivity index (χ3n) is 16.8. The summed E-state index contributed by atoms with van der Waals surface area (Å²) in [5.41, 5.74) is 13.2. The second-order valence-electron chi connectivity index (χ2n) is 21.4. The van der Waals surface area contributed by atoms with Crippen LogP contribution in [0.1, 0.15) is 5.56 Å². The summed E-state index contributed by atoms with van der Waals surface area (Å²) in [6.07, 6.45) is 0. The average Bonchev–Trinajstić information content (AvgIpc) is 1.83. The number of halogens is 4. The number of benzene rings is 12. The maximum absolute atomic E-state index is 8.19. The van der Waals surface area contributed by atoms with Gasteiger partial charge in [-0.2, -0.15) is 0 Å². The Kier molecular flexibility index (Phi) is 9.34. The van der Waals surface area contributed by atoms with Gasteiger partial charge >= 0.3 is 476 Å². The van der Waals surface area contributed by atoms with Crippen LogP contribution in [-0.4, -0.2) is 19.7 Å². The summed E-state index contributed by atoms with van der Waals surface area (Å²) in [5.74, 6) is 1.61. The number of hydrogen-bond donors (Lipinski definition) is 0. The van der Waals surface area contributed by atoms with Crippen molar-refractivity contribution in [1.29, 1.82) is 0 Å². The predicted molar refractivity (Wildman–Crippen MR) is 333 cm³/mol. The summed E-state index contributed by atoms with van der Waals surface area (Å²) in [5, 5.41) is 8.93. The Morgan fingerprint density at radius 2 is 0.741 bits per heavy atom. The quantitative estimate of drug-likeness (QED) is 0.0988. The number of para-hydroxylation sites is 2. The summed E-state index contributed by atoms with van der Waals surface area (Å²) >= 11 is 22.3. The number of furan rings is 2. The van der Waals surface area contributed by atoms with E-state index in [1.54, 1.807) is 0 Å². The van der Waals surface area contributed by atoms with Crippen molar-refractivity contribution in [2.45, 2.75) is 6.92 Å². The Balaban J connectivity index is 0.979. The Labute approximate surface area is 484 Å². The van der Waals surface area contributed by atoms with Crippen LogP contribution in [0.2, 0.25) is 20.1 Å². The number of nitrogens with zero attached hydrogens (tertiary/aromatic N) is 2. The minimum absolute atomic E-state index is 0.0732. The topological polar surface area (TPSA) is 60.5 Å². The Morgan fingerprint density at radius 3 is 1.19 bits per heavy atom. The first-order valence-corrected chi connectivity index (χ1v) is 36.1. The zero-order valence-corrected chi connectivity index (χ0v) is 49.0. The molecular weight excluding hydrogens is 1290 g/mol. The molecule has 18 rings (SSSR count). The molecule has 0 atom stereocenters. The Hall–Kier alpha value is -8.20. The van der Waals surface area contributed by atoms with Crippen LogP contribution < -0.4 is 30.0 Å². The normalized spacial score (nSPS) is 15.2. The third-order valence-corrected chi connectivity index (χ3v) is 37.5. The van der Waals surface area contributed by atoms with Crippen LogP contribution >= 0.6 is 46.4 Å². The molecule has 1 spiro atoms. The molecule has 386 valence electrons. The molecule has 6 heterocycles. The van der Waals surface area contributed by atoms with Crippen molar-refractivity contribution >= 4 is 175 Å². The Bertz CT molecular complexity index is 4900. The summed E-state index contributed by atoms with van der Waals surface area (Å²) in [7, 11) is 0. The van der Waals surface area contributed by atoms with E-state index in [1.165, 1.54) is 0 Å². The molecule has 0 amide bonds. The first kappa shape index (κ1) is 46.5. The molecule has 14 aromatic rings. The molecule has 12 heteroatoms. The van der Waals surface area contributed by atoms with E-state index < -0.39 is 19.7 Å². The zero-order valence-electron chi connectivity index (χ0n) is 42.5. The number of ether oxygens (including phenoxy) is 1. The number of aryl methyl sites for hydroxylation is 1. The van der Waals surface area contributed by atoms with Gasteiger partial charge in [-0.1, -0.05) is 12.1 Å². The van der Waals surface area contributed by atoms with Crippen LogP contribution in [-0.2, 0) is 0 Å². The monoisotopic (exact) mass is 1320 g/mol. The fourth-order valence-electron chi connectivity index (χ4n) is 13.4. The molecule has 0 saturated carbocycles. The van der Waals surface area contributed by atoms with Crippen molar-refractivity contribution < 1.29 is 19.2 Å². The molecule has 2 aromatic heterocycles. The second kappa shape index (κ2) is 16.3. The fraction of sp³-hybridized carbons (Fsp3) is 0.0145. The van der Waals surface area contributed by atoms with Gasteiger partial charge in [0.05, 0.1) is 0 Å². The van der Waals surface area contributed by atoms with Crippen LogP contribution in [0.3, 0.4) is 0 Å². The molecule has 7 nitrogen and oxygen atoms in total. The SMILES string of the molecule is Cc1cc2[c]3c(c1)N(c1ccccc1)c1cc(-c4ccc5oc6cc7ccccc7cc6c5c4)cc4[c]1[Bi]31([O]c3c(Cl)c(Cl)c(Cl)c(Cl)c3[O]1)[c]1c(cc(-c3ccc5oc6cc7ccccc7cc6c5c3)cc1N2c1ccccc1)O4. The third kappa shape index (κ3) is 6.08. The van der Waals surface area contributed by atoms with Gasteiger partial charge in [0, 0.05) is 0 Å². The van der Waals surface area contributed by atoms with Crippen LogP contribution in [0.15, 0.2) is 215 Å². The van der Waals surface area contributed by atoms with E-state index >= 15 is 0 Å². The second-order valence-corrected chi connectivity index (χ2v) is 36.9. The molecule has 12 aromatic carbocycles. The fourth-order valence-corrected chi connectivity index (χ4v) is 36.7. The number of anilines is 6. The molecule has 0 N–H and O–H groups in total. The molecule has 0 unspecified atom stereocenters. The van der Waals surface area contributed by atoms with E-state index in [0.29, 0.717) is 11.5 Å². The maximum atomic E-state index is 8.19. The van der Waals surface area contributed by atoms with Crippen LogP contribution in [0.25, 0.3) is 87.7 Å². The number of hydrogen-bond acceptors (Lipinski definition) is 7. The van der Waals surface area contributed by atoms with E-state index in [4.69, 9.17) is 65.6 Å². The van der Waals surface area contributed by atoms with Gasteiger partial charge in [0.2, 0.25) is 0 Å². The minimum atomic E-state index is -6.69. The van der Waals surface area contributed by atoms with E-state index in [9.17, 15) is 0 Å². The molecule has 0 fully saturated rings. The summed E-state index contributed by atoms with van der Waals surface area (Å²) in [6, 6.07) is 72.4. The number of rotatable bonds is 4. The van der Waals surface area contributed by atoms with Crippen molar-refractivity contribution in [2.75, 3.05) is 9.80 Å². The van der Waals surface area contributed by atoms with Crippen LogP contribution in [0.5, 0.6) is 23.0 Å². The van der Waals surface area contributed by atoms with Gasteiger partial charge < -0.3 is 0 Å². The van der Waals surface area contributed by atoms with Crippen molar-refractivity contribution in [3.63, 3.8) is 0 Å². The molecule has 0 aliphatic carbocycles. The van der Waals surface area contributed by atoms with Gasteiger partial charge in [-0.3, -0.25) is 0 Å². The van der Waals surface area contributed by atoms with E-state index in [1.807, 2.05) is 12.1 Å². The van der Waals surface area contributed by atoms with Crippen LogP contribution in [0.4, 0.5) is 34.1 Å². The van der Waals surface area contributed by atoms with Gasteiger partial charge in [0.25, 0.3) is 0 Å². The van der Waals surface area contributed by atoms with Gasteiger partial charge in [-0.05, 0) is 0 Å². The van der Waals surface area contributed by atoms with E-state index in [-0.39, 0.29) is 31.6 Å². The van der Waals surface area contributed by atoms with E-state index in [0.717, 1.165) is 137 Å². The van der Waals surface area contributed by atoms with E-state index in [2.05, 4.69) is 211 Å². The molecule has 4 aliphatic heterocycles. The van der Waals surface area contributed by atoms with Crippen LogP contribution in [0, 0.1) is 6.92 Å². The van der Waals surface area contributed by atoms with Crippen molar-refractivity contribution in [3.8, 4) is 45.3 Å². The first-order chi connectivity index (χ1) is 39.6. The Morgan fingerprint density at radius 1 is 0.346 bits per heavy atom. The zero-order chi connectivity index (χ0) is 53.8. The molecule has 0 saturated heterocycles. The average molecular weight is 1320 g/mol. The summed E-state index contributed by atoms with van der Waals surface area (Å²) < 4.78 is 39.7. The number of fused-ring (bicyclic) bond motifs is 9. The molecular formula is C69H37BiCl4N2O5. The summed E-state index contributed by atoms with van der Waals surface area (Å²) in [4.78, 5) is 4.67. The van der Waals surface area contributed by atoms with Crippen molar-refractivity contribution in [1.82, 2.24) is 0 Å². The standard InChI is InChI=1S/C63H37N2O3.C6H2Cl4O2.Bi/c1-39-24-50-36-51(25-39)65(49-18-6-3-7-19-49)53-27-47(45-21-23-61-57(33-45)59-31-41-13-9-11-15-43(41)35-63(59)68-61)29-55(38-53)66-54-28-46(26-52(37-54)64(50)48-16-4-2-5-17-48)44-20-22-60-56(32-44)58-30-40-12-8-10-14-42(40)34-62(58)67-60;7-1-2(8)4(10)6(12)5(11)3(1)9;/h2-35H,1H3;11-12H;/q;;+2/p-2. The molecule has 0 radical (unpaired) electrons. The van der Waals surface area contributed by atoms with Gasteiger partial charge in [0.15, 0.2) is 0 Å². The summed E-state index contributed by atoms with van der Waals surface area (Å²) in [6.45, 7) is 2.14. The molecule has 0 bridgehead atoms. The van der Waals surface area contributed by atoms with Crippen molar-refractivity contribution in [2.24, 2.45) is 0 Å². The van der Waals surface area contributed by atoms with Gasteiger partial charge in [-0.15, -0.1) is 0 Å². The predicted octanol–water partition coefficient (Wildman–Crippen LogP) is 19.6. The van der Waals surface area contributed by atoms with Gasteiger partial charge in [0.1, 0.15) is 0 Å². The molecule has 4 aliphatic rings. The van der Waals surface area contributed by atoms with Gasteiger partial charge in [-0.25, -0.2) is 0 Å².